The van der Waals surface area contributed by atoms with Crippen LogP contribution in [0.3, 0.4) is 0 Å². The number of thioether (sulfide) groups is 1. The maximum atomic E-state index is 13.3. The van der Waals surface area contributed by atoms with E-state index in [9.17, 15) is 14.0 Å². The van der Waals surface area contributed by atoms with Crippen molar-refractivity contribution in [1.29, 1.82) is 0 Å². The quantitative estimate of drug-likeness (QED) is 0.416. The van der Waals surface area contributed by atoms with Crippen molar-refractivity contribution < 1.29 is 14.0 Å². The number of nitrogens with one attached hydrogen (secondary N) is 1. The van der Waals surface area contributed by atoms with E-state index < -0.39 is 6.04 Å². The molecule has 31 heavy (non-hydrogen) atoms. The Morgan fingerprint density at radius 1 is 1.16 bits per heavy atom. The van der Waals surface area contributed by atoms with Crippen LogP contribution in [0.4, 0.5) is 4.39 Å². The predicted molar refractivity (Wildman–Crippen MR) is 127 cm³/mol. The molecule has 0 radical (unpaired) electrons. The highest BCUT2D eigenvalue weighted by Gasteiger charge is 2.26. The molecule has 0 unspecified atom stereocenters. The average Bonchev–Trinajstić information content (AvgIpc) is 2.74. The summed E-state index contributed by atoms with van der Waals surface area (Å²) >= 11 is 13.5. The first kappa shape index (κ1) is 25.5. The Morgan fingerprint density at radius 2 is 1.87 bits per heavy atom. The fourth-order valence-corrected chi connectivity index (χ4v) is 4.34. The molecule has 2 rings (SSSR count). The van der Waals surface area contributed by atoms with Gasteiger partial charge in [-0.3, -0.25) is 9.59 Å². The van der Waals surface area contributed by atoms with Crippen molar-refractivity contribution in [2.24, 2.45) is 0 Å². The van der Waals surface area contributed by atoms with Crippen LogP contribution in [0.25, 0.3) is 0 Å². The molecule has 0 saturated carbocycles. The molecule has 4 nitrogen and oxygen atoms in total. The third-order valence-electron chi connectivity index (χ3n) is 4.76. The van der Waals surface area contributed by atoms with E-state index in [2.05, 4.69) is 5.32 Å². The van der Waals surface area contributed by atoms with E-state index in [4.69, 9.17) is 23.2 Å². The van der Waals surface area contributed by atoms with Crippen LogP contribution in [0.15, 0.2) is 42.5 Å². The lowest BCUT2D eigenvalue weighted by Gasteiger charge is -2.29. The topological polar surface area (TPSA) is 49.4 Å². The molecule has 0 fully saturated rings. The summed E-state index contributed by atoms with van der Waals surface area (Å²) in [6.45, 7) is 4.55. The number of amides is 2. The van der Waals surface area contributed by atoms with Gasteiger partial charge in [-0.25, -0.2) is 4.39 Å². The summed E-state index contributed by atoms with van der Waals surface area (Å²) in [6.07, 6.45) is 1.85. The zero-order valence-electron chi connectivity index (χ0n) is 17.7. The van der Waals surface area contributed by atoms with Crippen LogP contribution < -0.4 is 5.32 Å². The number of halogens is 3. The van der Waals surface area contributed by atoms with E-state index in [1.807, 2.05) is 13.0 Å². The van der Waals surface area contributed by atoms with E-state index >= 15 is 0 Å². The minimum absolute atomic E-state index is 0.169. The predicted octanol–water partition coefficient (Wildman–Crippen LogP) is 5.70. The van der Waals surface area contributed by atoms with E-state index in [1.165, 1.54) is 28.8 Å². The largest absolute Gasteiger partial charge is 0.354 e. The summed E-state index contributed by atoms with van der Waals surface area (Å²) in [4.78, 5) is 27.1. The van der Waals surface area contributed by atoms with Gasteiger partial charge in [0, 0.05) is 28.9 Å². The Morgan fingerprint density at radius 3 is 2.52 bits per heavy atom. The second kappa shape index (κ2) is 12.9. The molecule has 0 bridgehead atoms. The zero-order chi connectivity index (χ0) is 22.8. The lowest BCUT2D eigenvalue weighted by Crippen LogP contribution is -2.48. The summed E-state index contributed by atoms with van der Waals surface area (Å²) in [5.41, 5.74) is 1.65. The van der Waals surface area contributed by atoms with Crippen molar-refractivity contribution in [3.63, 3.8) is 0 Å². The van der Waals surface area contributed by atoms with Crippen molar-refractivity contribution in [3.8, 4) is 0 Å². The zero-order valence-corrected chi connectivity index (χ0v) is 20.0. The van der Waals surface area contributed by atoms with Gasteiger partial charge in [-0.15, -0.1) is 11.8 Å². The number of benzene rings is 2. The average molecular weight is 485 g/mol. The number of hydrogen-bond donors (Lipinski definition) is 1. The SMILES string of the molecule is CCCCNC(=O)[C@H](C)N(Cc1ccc(F)cc1)C(=O)CSCc1ccc(Cl)cc1Cl. The van der Waals surface area contributed by atoms with Crippen molar-refractivity contribution >= 4 is 46.8 Å². The van der Waals surface area contributed by atoms with Crippen LogP contribution in [-0.2, 0) is 21.9 Å². The lowest BCUT2D eigenvalue weighted by atomic mass is 10.1. The molecule has 0 aliphatic carbocycles. The van der Waals surface area contributed by atoms with E-state index in [-0.39, 0.29) is 29.9 Å². The lowest BCUT2D eigenvalue weighted by molar-refractivity contribution is -0.138. The molecule has 8 heteroatoms. The van der Waals surface area contributed by atoms with Gasteiger partial charge in [0.05, 0.1) is 5.75 Å². The Balaban J connectivity index is 2.05. The van der Waals surface area contributed by atoms with Crippen molar-refractivity contribution in [2.75, 3.05) is 12.3 Å². The highest BCUT2D eigenvalue weighted by atomic mass is 35.5. The summed E-state index contributed by atoms with van der Waals surface area (Å²) in [5.74, 6) is 0.0187. The second-order valence-electron chi connectivity index (χ2n) is 7.20. The van der Waals surface area contributed by atoms with Crippen molar-refractivity contribution in [3.05, 3.63) is 69.5 Å². The molecule has 1 N–H and O–H groups in total. The molecule has 0 heterocycles. The smallest absolute Gasteiger partial charge is 0.242 e. The van der Waals surface area contributed by atoms with Crippen molar-refractivity contribution in [1.82, 2.24) is 10.2 Å². The molecule has 2 aromatic carbocycles. The number of nitrogens with zero attached hydrogens (tertiary/aromatic N) is 1. The van der Waals surface area contributed by atoms with Crippen LogP contribution in [0, 0.1) is 5.82 Å². The summed E-state index contributed by atoms with van der Waals surface area (Å²) in [6, 6.07) is 10.6. The fraction of sp³-hybridized carbons (Fsp3) is 0.391. The number of hydrogen-bond acceptors (Lipinski definition) is 3. The van der Waals surface area contributed by atoms with Gasteiger partial charge in [-0.2, -0.15) is 0 Å². The molecule has 168 valence electrons. The van der Waals surface area contributed by atoms with Gasteiger partial charge in [0.25, 0.3) is 0 Å². The normalized spacial score (nSPS) is 11.8. The number of rotatable bonds is 11. The highest BCUT2D eigenvalue weighted by Crippen LogP contribution is 2.25. The Hall–Kier alpha value is -1.76. The highest BCUT2D eigenvalue weighted by molar-refractivity contribution is 7.99. The van der Waals surface area contributed by atoms with Gasteiger partial charge >= 0.3 is 0 Å². The van der Waals surface area contributed by atoms with Gasteiger partial charge in [0.15, 0.2) is 0 Å². The standard InChI is InChI=1S/C23H27Cl2FN2O2S/c1-3-4-11-27-23(30)16(2)28(13-17-5-9-20(26)10-6-17)22(29)15-31-14-18-7-8-19(24)12-21(18)25/h5-10,12,16H,3-4,11,13-15H2,1-2H3,(H,27,30)/t16-/m0/s1. The number of unbranched alkanes of at least 4 members (excludes halogenated alkanes) is 1. The summed E-state index contributed by atoms with van der Waals surface area (Å²) < 4.78 is 13.3. The van der Waals surface area contributed by atoms with E-state index in [0.29, 0.717) is 22.3 Å². The monoisotopic (exact) mass is 484 g/mol. The van der Waals surface area contributed by atoms with Crippen LogP contribution in [0.1, 0.15) is 37.8 Å². The van der Waals surface area contributed by atoms with Gasteiger partial charge in [0.1, 0.15) is 11.9 Å². The summed E-state index contributed by atoms with van der Waals surface area (Å²) in [7, 11) is 0. The first-order valence-electron chi connectivity index (χ1n) is 10.1. The first-order chi connectivity index (χ1) is 14.8. The molecular weight excluding hydrogens is 458 g/mol. The molecule has 0 aliphatic rings. The van der Waals surface area contributed by atoms with E-state index in [1.54, 1.807) is 31.2 Å². The Bertz CT molecular complexity index is 880. The fourth-order valence-electron chi connectivity index (χ4n) is 2.88. The Kier molecular flexibility index (Phi) is 10.6. The third-order valence-corrected chi connectivity index (χ3v) is 6.31. The van der Waals surface area contributed by atoms with Crippen LogP contribution >= 0.6 is 35.0 Å². The van der Waals surface area contributed by atoms with Gasteiger partial charge in [-0.1, -0.05) is 54.7 Å². The van der Waals surface area contributed by atoms with E-state index in [0.717, 1.165) is 24.0 Å². The van der Waals surface area contributed by atoms with Gasteiger partial charge < -0.3 is 10.2 Å². The van der Waals surface area contributed by atoms with Gasteiger partial charge in [0.2, 0.25) is 11.8 Å². The minimum atomic E-state index is -0.644. The van der Waals surface area contributed by atoms with Crippen LogP contribution in [0.5, 0.6) is 0 Å². The second-order valence-corrected chi connectivity index (χ2v) is 9.03. The maximum Gasteiger partial charge on any atom is 0.242 e. The molecule has 0 saturated heterocycles. The third kappa shape index (κ3) is 8.36. The molecule has 1 atom stereocenters. The first-order valence-corrected chi connectivity index (χ1v) is 12.1. The van der Waals surface area contributed by atoms with Crippen LogP contribution in [0.2, 0.25) is 10.0 Å². The molecule has 2 aromatic rings. The molecule has 0 aromatic heterocycles. The maximum absolute atomic E-state index is 13.3. The molecular formula is C23H27Cl2FN2O2S. The van der Waals surface area contributed by atoms with Crippen molar-refractivity contribution in [2.45, 2.75) is 45.0 Å². The minimum Gasteiger partial charge on any atom is -0.354 e. The molecule has 0 spiro atoms. The summed E-state index contributed by atoms with van der Waals surface area (Å²) in [5, 5.41) is 3.99. The Labute approximate surface area is 197 Å². The number of carbonyl (C=O) groups is 2. The van der Waals surface area contributed by atoms with Gasteiger partial charge in [-0.05, 0) is 48.7 Å². The number of carbonyl (C=O) groups excluding carboxylic acids is 2. The molecule has 0 aliphatic heterocycles. The van der Waals surface area contributed by atoms with Crippen LogP contribution in [-0.4, -0.2) is 35.1 Å². The molecule has 2 amide bonds.